The Labute approximate surface area is 143 Å². The van der Waals surface area contributed by atoms with Crippen molar-refractivity contribution in [2.45, 2.75) is 13.1 Å². The maximum atomic E-state index is 13.2. The molecule has 1 aromatic carbocycles. The van der Waals surface area contributed by atoms with Crippen LogP contribution in [0.2, 0.25) is 5.02 Å². The van der Waals surface area contributed by atoms with E-state index in [1.807, 2.05) is 12.3 Å². The van der Waals surface area contributed by atoms with E-state index in [1.54, 1.807) is 35.8 Å². The predicted octanol–water partition coefficient (Wildman–Crippen LogP) is 3.47. The van der Waals surface area contributed by atoms with Gasteiger partial charge >= 0.3 is 6.03 Å². The Morgan fingerprint density at radius 3 is 2.96 bits per heavy atom. The highest BCUT2D eigenvalue weighted by atomic mass is 35.5. The number of carbonyl (C=O) groups is 1. The van der Waals surface area contributed by atoms with Crippen molar-refractivity contribution in [2.75, 3.05) is 7.05 Å². The second kappa shape index (κ2) is 6.88. The highest BCUT2D eigenvalue weighted by Crippen LogP contribution is 2.12. The average molecular weight is 347 g/mol. The van der Waals surface area contributed by atoms with Crippen molar-refractivity contribution in [2.24, 2.45) is 0 Å². The summed E-state index contributed by atoms with van der Waals surface area (Å²) in [5, 5.41) is 3.41. The number of nitrogens with zero attached hydrogens (tertiary/aromatic N) is 3. The summed E-state index contributed by atoms with van der Waals surface area (Å²) in [5.74, 6) is -0.315. The number of pyridine rings is 1. The van der Waals surface area contributed by atoms with Crippen molar-refractivity contribution in [3.8, 4) is 0 Å². The van der Waals surface area contributed by atoms with E-state index in [0.29, 0.717) is 18.1 Å². The molecule has 0 unspecified atom stereocenters. The molecule has 24 heavy (non-hydrogen) atoms. The van der Waals surface area contributed by atoms with Crippen molar-refractivity contribution < 1.29 is 9.18 Å². The second-order valence-corrected chi connectivity index (χ2v) is 5.93. The number of aromatic nitrogens is 2. The van der Waals surface area contributed by atoms with E-state index in [1.165, 1.54) is 17.0 Å². The number of amides is 2. The molecule has 0 aliphatic carbocycles. The van der Waals surface area contributed by atoms with Crippen molar-refractivity contribution in [1.29, 1.82) is 0 Å². The zero-order chi connectivity index (χ0) is 17.1. The molecule has 7 heteroatoms. The molecule has 3 aromatic rings. The molecule has 0 aliphatic rings. The standard InChI is InChI=1S/C17H16ClFN4O/c1-22(9-12-3-2-4-14(19)7-12)17(24)20-8-15-11-23-10-13(18)5-6-16(23)21-15/h2-7,10-11H,8-9H2,1H3,(H,20,24). The minimum Gasteiger partial charge on any atom is -0.332 e. The first-order valence-corrected chi connectivity index (χ1v) is 7.75. The van der Waals surface area contributed by atoms with E-state index in [4.69, 9.17) is 11.6 Å². The average Bonchev–Trinajstić information content (AvgIpc) is 2.94. The van der Waals surface area contributed by atoms with E-state index < -0.39 is 0 Å². The zero-order valence-corrected chi connectivity index (χ0v) is 13.8. The fraction of sp³-hybridized carbons (Fsp3) is 0.176. The minimum atomic E-state index is -0.315. The molecule has 0 saturated heterocycles. The van der Waals surface area contributed by atoms with Crippen LogP contribution in [0.5, 0.6) is 0 Å². The summed E-state index contributed by atoms with van der Waals surface area (Å²) in [6.07, 6.45) is 3.57. The first-order chi connectivity index (χ1) is 11.5. The van der Waals surface area contributed by atoms with Gasteiger partial charge in [0.1, 0.15) is 11.5 Å². The molecule has 2 aromatic heterocycles. The second-order valence-electron chi connectivity index (χ2n) is 5.49. The van der Waals surface area contributed by atoms with Crippen molar-refractivity contribution in [3.05, 3.63) is 70.9 Å². The van der Waals surface area contributed by atoms with E-state index in [-0.39, 0.29) is 11.8 Å². The van der Waals surface area contributed by atoms with Crippen LogP contribution in [-0.4, -0.2) is 27.4 Å². The van der Waals surface area contributed by atoms with Gasteiger partial charge in [0.05, 0.1) is 17.3 Å². The Kier molecular flexibility index (Phi) is 4.66. The van der Waals surface area contributed by atoms with Gasteiger partial charge in [0.15, 0.2) is 0 Å². The largest absolute Gasteiger partial charge is 0.332 e. The van der Waals surface area contributed by atoms with Crippen LogP contribution < -0.4 is 5.32 Å². The van der Waals surface area contributed by atoms with Crippen molar-refractivity contribution in [3.63, 3.8) is 0 Å². The van der Waals surface area contributed by atoms with Gasteiger partial charge in [0.2, 0.25) is 0 Å². The molecule has 0 radical (unpaired) electrons. The molecular weight excluding hydrogens is 331 g/mol. The molecule has 0 aliphatic heterocycles. The lowest BCUT2D eigenvalue weighted by molar-refractivity contribution is 0.206. The maximum Gasteiger partial charge on any atom is 0.317 e. The van der Waals surface area contributed by atoms with Crippen LogP contribution in [0.15, 0.2) is 48.8 Å². The maximum absolute atomic E-state index is 13.2. The fourth-order valence-corrected chi connectivity index (χ4v) is 2.55. The summed E-state index contributed by atoms with van der Waals surface area (Å²) in [6.45, 7) is 0.621. The van der Waals surface area contributed by atoms with Crippen LogP contribution in [-0.2, 0) is 13.1 Å². The monoisotopic (exact) mass is 346 g/mol. The molecule has 3 rings (SSSR count). The number of fused-ring (bicyclic) bond motifs is 1. The summed E-state index contributed by atoms with van der Waals surface area (Å²) >= 11 is 5.93. The summed E-state index contributed by atoms with van der Waals surface area (Å²) in [5.41, 5.74) is 2.22. The number of benzene rings is 1. The molecule has 0 spiro atoms. The Morgan fingerprint density at radius 1 is 1.33 bits per heavy atom. The molecule has 5 nitrogen and oxygen atoms in total. The number of halogens is 2. The third kappa shape index (κ3) is 3.83. The van der Waals surface area contributed by atoms with Crippen LogP contribution >= 0.6 is 11.6 Å². The van der Waals surface area contributed by atoms with Gasteiger partial charge in [-0.25, -0.2) is 14.2 Å². The number of hydrogen-bond acceptors (Lipinski definition) is 2. The van der Waals surface area contributed by atoms with Gasteiger partial charge < -0.3 is 14.6 Å². The highest BCUT2D eigenvalue weighted by Gasteiger charge is 2.10. The number of hydrogen-bond donors (Lipinski definition) is 1. The number of nitrogens with one attached hydrogen (secondary N) is 1. The molecule has 124 valence electrons. The summed E-state index contributed by atoms with van der Waals surface area (Å²) in [7, 11) is 1.66. The Morgan fingerprint density at radius 2 is 2.17 bits per heavy atom. The van der Waals surface area contributed by atoms with Crippen LogP contribution in [0.1, 0.15) is 11.3 Å². The number of imidazole rings is 1. The van der Waals surface area contributed by atoms with Gasteiger partial charge in [-0.2, -0.15) is 0 Å². The summed E-state index contributed by atoms with van der Waals surface area (Å²) in [6, 6.07) is 9.50. The quantitative estimate of drug-likeness (QED) is 0.786. The van der Waals surface area contributed by atoms with Gasteiger partial charge in [0.25, 0.3) is 0 Å². The van der Waals surface area contributed by atoms with E-state index in [9.17, 15) is 9.18 Å². The highest BCUT2D eigenvalue weighted by molar-refractivity contribution is 6.30. The topological polar surface area (TPSA) is 49.6 Å². The normalized spacial score (nSPS) is 10.8. The molecule has 0 bridgehead atoms. The van der Waals surface area contributed by atoms with Crippen LogP contribution in [0.3, 0.4) is 0 Å². The lowest BCUT2D eigenvalue weighted by atomic mass is 10.2. The van der Waals surface area contributed by atoms with E-state index in [0.717, 1.165) is 16.9 Å². The number of urea groups is 1. The van der Waals surface area contributed by atoms with E-state index in [2.05, 4.69) is 10.3 Å². The van der Waals surface area contributed by atoms with Crippen molar-refractivity contribution in [1.82, 2.24) is 19.6 Å². The summed E-state index contributed by atoms with van der Waals surface area (Å²) < 4.78 is 15.0. The molecule has 2 amide bonds. The Bertz CT molecular complexity index is 880. The molecule has 2 heterocycles. The Hall–Kier alpha value is -2.60. The van der Waals surface area contributed by atoms with Crippen LogP contribution in [0.25, 0.3) is 5.65 Å². The molecular formula is C17H16ClFN4O. The predicted molar refractivity (Wildman–Crippen MR) is 90.3 cm³/mol. The number of rotatable bonds is 4. The third-order valence-electron chi connectivity index (χ3n) is 3.54. The van der Waals surface area contributed by atoms with E-state index >= 15 is 0 Å². The Balaban J connectivity index is 1.59. The minimum absolute atomic E-state index is 0.255. The van der Waals surface area contributed by atoms with Gasteiger partial charge in [-0.3, -0.25) is 0 Å². The van der Waals surface area contributed by atoms with Crippen molar-refractivity contribution >= 4 is 23.3 Å². The van der Waals surface area contributed by atoms with Gasteiger partial charge in [-0.05, 0) is 29.8 Å². The third-order valence-corrected chi connectivity index (χ3v) is 3.76. The smallest absolute Gasteiger partial charge is 0.317 e. The zero-order valence-electron chi connectivity index (χ0n) is 13.0. The van der Waals surface area contributed by atoms with Crippen LogP contribution in [0, 0.1) is 5.82 Å². The fourth-order valence-electron chi connectivity index (χ4n) is 2.38. The van der Waals surface area contributed by atoms with Gasteiger partial charge in [-0.15, -0.1) is 0 Å². The molecule has 0 fully saturated rings. The molecule has 0 saturated carbocycles. The summed E-state index contributed by atoms with van der Waals surface area (Å²) in [4.78, 5) is 18.0. The van der Waals surface area contributed by atoms with Gasteiger partial charge in [0, 0.05) is 26.0 Å². The first kappa shape index (κ1) is 16.3. The molecule has 1 N–H and O–H groups in total. The lowest BCUT2D eigenvalue weighted by Crippen LogP contribution is -2.36. The first-order valence-electron chi connectivity index (χ1n) is 7.38. The SMILES string of the molecule is CN(Cc1cccc(F)c1)C(=O)NCc1cn2cc(Cl)ccc2n1. The number of carbonyl (C=O) groups excluding carboxylic acids is 1. The van der Waals surface area contributed by atoms with Crippen LogP contribution in [0.4, 0.5) is 9.18 Å². The lowest BCUT2D eigenvalue weighted by Gasteiger charge is -2.17. The van der Waals surface area contributed by atoms with Gasteiger partial charge in [-0.1, -0.05) is 23.7 Å². The molecule has 0 atom stereocenters.